The van der Waals surface area contributed by atoms with Crippen LogP contribution in [0.3, 0.4) is 0 Å². The standard InChI is InChI=1S/C31H26F4N6O3S/c1-18(2)24-15-25(32)19(3)14-26(24)41-28(42)16-45-30(41)38-29(43)37-21-7-4-20(5-8-21)6-13-27-36-17-40(39-27)22-9-11-23(12-10-22)44-31(33,34)35/h4-15,17-18H,16H2,1-3H3,(H,37,43)/b13-6+,38-30?. The van der Waals surface area contributed by atoms with Crippen LogP contribution in [0.1, 0.15) is 42.3 Å². The molecule has 0 bridgehead atoms. The number of aryl methyl sites for hydroxylation is 1. The molecule has 0 radical (unpaired) electrons. The van der Waals surface area contributed by atoms with Crippen LogP contribution < -0.4 is 15.0 Å². The average molecular weight is 639 g/mol. The topological polar surface area (TPSA) is 102 Å². The Morgan fingerprint density at radius 3 is 2.47 bits per heavy atom. The summed E-state index contributed by atoms with van der Waals surface area (Å²) in [7, 11) is 0. The van der Waals surface area contributed by atoms with Crippen molar-refractivity contribution < 1.29 is 31.9 Å². The number of ether oxygens (including phenoxy) is 1. The number of carbonyl (C=O) groups is 2. The van der Waals surface area contributed by atoms with Crippen molar-refractivity contribution >= 4 is 52.4 Å². The smallest absolute Gasteiger partial charge is 0.406 e. The summed E-state index contributed by atoms with van der Waals surface area (Å²) in [6, 6.07) is 14.4. The van der Waals surface area contributed by atoms with Gasteiger partial charge in [-0.25, -0.2) is 18.9 Å². The third kappa shape index (κ3) is 7.76. The quantitative estimate of drug-likeness (QED) is 0.210. The van der Waals surface area contributed by atoms with Crippen LogP contribution in [0.4, 0.5) is 33.7 Å². The zero-order valence-corrected chi connectivity index (χ0v) is 25.0. The minimum absolute atomic E-state index is 0.0647. The van der Waals surface area contributed by atoms with Gasteiger partial charge in [0.2, 0.25) is 5.91 Å². The van der Waals surface area contributed by atoms with E-state index < -0.39 is 12.4 Å². The normalized spacial score (nSPS) is 14.6. The SMILES string of the molecule is Cc1cc(N2C(=O)CSC2=NC(=O)Nc2ccc(/C=C/c3ncn(-c4ccc(OC(F)(F)F)cc4)n3)cc2)c(C(C)C)cc1F. The second-order valence-corrected chi connectivity index (χ2v) is 11.1. The lowest BCUT2D eigenvalue weighted by Crippen LogP contribution is -2.31. The van der Waals surface area contributed by atoms with E-state index in [1.165, 1.54) is 46.2 Å². The number of aliphatic imine (C=N–C) groups is 1. The number of amidine groups is 1. The first-order valence-corrected chi connectivity index (χ1v) is 14.6. The highest BCUT2D eigenvalue weighted by Gasteiger charge is 2.33. The number of aromatic nitrogens is 3. The van der Waals surface area contributed by atoms with E-state index in [1.807, 2.05) is 13.8 Å². The van der Waals surface area contributed by atoms with Crippen molar-refractivity contribution in [2.24, 2.45) is 4.99 Å². The summed E-state index contributed by atoms with van der Waals surface area (Å²) in [5.74, 6) is -0.544. The molecular formula is C31H26F4N6O3S. The van der Waals surface area contributed by atoms with E-state index in [2.05, 4.69) is 25.1 Å². The van der Waals surface area contributed by atoms with Gasteiger partial charge in [-0.15, -0.1) is 18.3 Å². The van der Waals surface area contributed by atoms with E-state index in [4.69, 9.17) is 0 Å². The summed E-state index contributed by atoms with van der Waals surface area (Å²) in [5, 5.41) is 7.20. The van der Waals surface area contributed by atoms with Crippen molar-refractivity contribution in [2.45, 2.75) is 33.1 Å². The van der Waals surface area contributed by atoms with Gasteiger partial charge in [0.15, 0.2) is 11.0 Å². The van der Waals surface area contributed by atoms with Crippen molar-refractivity contribution in [3.63, 3.8) is 0 Å². The Balaban J connectivity index is 1.23. The molecule has 0 atom stereocenters. The molecule has 0 unspecified atom stereocenters. The summed E-state index contributed by atoms with van der Waals surface area (Å²) < 4.78 is 56.7. The van der Waals surface area contributed by atoms with Crippen LogP contribution in [0.2, 0.25) is 0 Å². The molecule has 0 spiro atoms. The van der Waals surface area contributed by atoms with Crippen LogP contribution in [0.25, 0.3) is 17.8 Å². The number of halogens is 4. The number of thioether (sulfide) groups is 1. The Morgan fingerprint density at radius 1 is 1.09 bits per heavy atom. The van der Waals surface area contributed by atoms with Gasteiger partial charge < -0.3 is 10.1 Å². The molecule has 1 aliphatic rings. The number of nitrogens with zero attached hydrogens (tertiary/aromatic N) is 5. The zero-order chi connectivity index (χ0) is 32.3. The number of hydrogen-bond donors (Lipinski definition) is 1. The van der Waals surface area contributed by atoms with Crippen LogP contribution in [0.5, 0.6) is 5.75 Å². The number of benzene rings is 3. The fraction of sp³-hybridized carbons (Fsp3) is 0.194. The number of urea groups is 1. The molecule has 1 saturated heterocycles. The van der Waals surface area contributed by atoms with Crippen LogP contribution in [-0.4, -0.2) is 44.0 Å². The first-order chi connectivity index (χ1) is 21.4. The first-order valence-electron chi connectivity index (χ1n) is 13.6. The van der Waals surface area contributed by atoms with Crippen LogP contribution in [-0.2, 0) is 4.79 Å². The molecular weight excluding hydrogens is 612 g/mol. The maximum Gasteiger partial charge on any atom is 0.573 e. The Labute approximate surface area is 259 Å². The highest BCUT2D eigenvalue weighted by atomic mass is 32.2. The summed E-state index contributed by atoms with van der Waals surface area (Å²) in [6.45, 7) is 5.41. The molecule has 4 aromatic rings. The van der Waals surface area contributed by atoms with Crippen LogP contribution in [0.15, 0.2) is 72.0 Å². The molecule has 45 heavy (non-hydrogen) atoms. The van der Waals surface area contributed by atoms with Gasteiger partial charge in [0, 0.05) is 5.69 Å². The minimum atomic E-state index is -4.77. The van der Waals surface area contributed by atoms with E-state index in [-0.39, 0.29) is 34.3 Å². The van der Waals surface area contributed by atoms with Crippen LogP contribution in [0, 0.1) is 12.7 Å². The van der Waals surface area contributed by atoms with Crippen molar-refractivity contribution in [3.8, 4) is 11.4 Å². The van der Waals surface area contributed by atoms with Gasteiger partial charge in [0.1, 0.15) is 17.9 Å². The Bertz CT molecular complexity index is 1780. The summed E-state index contributed by atoms with van der Waals surface area (Å²) in [6.07, 6.45) is 0.0639. The second-order valence-electron chi connectivity index (χ2n) is 10.2. The molecule has 3 aromatic carbocycles. The Morgan fingerprint density at radius 2 is 1.80 bits per heavy atom. The molecule has 1 N–H and O–H groups in total. The van der Waals surface area contributed by atoms with E-state index in [0.29, 0.717) is 34.0 Å². The van der Waals surface area contributed by atoms with E-state index >= 15 is 0 Å². The molecule has 2 heterocycles. The molecule has 0 saturated carbocycles. The monoisotopic (exact) mass is 638 g/mol. The third-order valence-corrected chi connectivity index (χ3v) is 7.49. The van der Waals surface area contributed by atoms with Gasteiger partial charge >= 0.3 is 12.4 Å². The van der Waals surface area contributed by atoms with Crippen molar-refractivity contribution in [1.29, 1.82) is 0 Å². The molecule has 1 aliphatic heterocycles. The molecule has 0 aliphatic carbocycles. The van der Waals surface area contributed by atoms with Crippen molar-refractivity contribution in [3.05, 3.63) is 95.3 Å². The summed E-state index contributed by atoms with van der Waals surface area (Å²) in [5.41, 5.74) is 3.28. The fourth-order valence-corrected chi connectivity index (χ4v) is 5.24. The van der Waals surface area contributed by atoms with Crippen molar-refractivity contribution in [2.75, 3.05) is 16.0 Å². The highest BCUT2D eigenvalue weighted by Crippen LogP contribution is 2.35. The summed E-state index contributed by atoms with van der Waals surface area (Å²) in [4.78, 5) is 35.2. The lowest BCUT2D eigenvalue weighted by Gasteiger charge is -2.22. The maximum absolute atomic E-state index is 14.3. The maximum atomic E-state index is 14.3. The zero-order valence-electron chi connectivity index (χ0n) is 24.2. The molecule has 9 nitrogen and oxygen atoms in total. The van der Waals surface area contributed by atoms with Gasteiger partial charge in [0.05, 0.1) is 17.1 Å². The predicted octanol–water partition coefficient (Wildman–Crippen LogP) is 7.58. The number of carbonyl (C=O) groups excluding carboxylic acids is 2. The molecule has 3 amide bonds. The number of anilines is 2. The lowest BCUT2D eigenvalue weighted by molar-refractivity contribution is -0.274. The van der Waals surface area contributed by atoms with E-state index in [9.17, 15) is 27.2 Å². The number of amides is 3. The van der Waals surface area contributed by atoms with E-state index in [1.54, 1.807) is 49.4 Å². The second kappa shape index (κ2) is 12.9. The lowest BCUT2D eigenvalue weighted by atomic mass is 9.98. The Kier molecular flexibility index (Phi) is 9.04. The first kappa shape index (κ1) is 31.4. The average Bonchev–Trinajstić information content (AvgIpc) is 3.60. The number of nitrogens with one attached hydrogen (secondary N) is 1. The Hall–Kier alpha value is -4.98. The van der Waals surface area contributed by atoms with Gasteiger partial charge in [-0.2, -0.15) is 4.99 Å². The highest BCUT2D eigenvalue weighted by molar-refractivity contribution is 8.15. The van der Waals surface area contributed by atoms with E-state index in [0.717, 1.165) is 17.3 Å². The third-order valence-electron chi connectivity index (χ3n) is 6.56. The van der Waals surface area contributed by atoms with Crippen molar-refractivity contribution in [1.82, 2.24) is 14.8 Å². The number of rotatable bonds is 7. The van der Waals surface area contributed by atoms with Crippen LogP contribution >= 0.6 is 11.8 Å². The molecule has 232 valence electrons. The largest absolute Gasteiger partial charge is 0.573 e. The molecule has 14 heteroatoms. The predicted molar refractivity (Wildman–Crippen MR) is 165 cm³/mol. The minimum Gasteiger partial charge on any atom is -0.406 e. The van der Waals surface area contributed by atoms with Gasteiger partial charge in [0.25, 0.3) is 0 Å². The summed E-state index contributed by atoms with van der Waals surface area (Å²) >= 11 is 1.13. The number of hydrogen-bond acceptors (Lipinski definition) is 6. The number of alkyl halides is 3. The molecule has 1 fully saturated rings. The van der Waals surface area contributed by atoms with Gasteiger partial charge in [-0.1, -0.05) is 43.8 Å². The fourth-order valence-electron chi connectivity index (χ4n) is 4.38. The molecule has 1 aromatic heterocycles. The van der Waals surface area contributed by atoms with Gasteiger partial charge in [-0.3, -0.25) is 9.69 Å². The molecule has 5 rings (SSSR count). The van der Waals surface area contributed by atoms with Gasteiger partial charge in [-0.05, 0) is 84.1 Å².